The second kappa shape index (κ2) is 22.2. The molecule has 2 aromatic rings. The third kappa shape index (κ3) is 19.6. The van der Waals surface area contributed by atoms with Gasteiger partial charge in [-0.05, 0) is 60.0 Å². The molecule has 0 heteroatoms. The van der Waals surface area contributed by atoms with Gasteiger partial charge in [-0.1, -0.05) is 151 Å². The lowest BCUT2D eigenvalue weighted by atomic mass is 9.71. The molecular weight excluding hydrogens is 396 g/mol. The van der Waals surface area contributed by atoms with E-state index in [2.05, 4.69) is 95.3 Å². The Bertz CT molecular complexity index is 591. The van der Waals surface area contributed by atoms with Gasteiger partial charge in [0.2, 0.25) is 0 Å². The van der Waals surface area contributed by atoms with Gasteiger partial charge in [0.25, 0.3) is 0 Å². The fourth-order valence-electron chi connectivity index (χ4n) is 3.67. The van der Waals surface area contributed by atoms with Crippen LogP contribution in [0.2, 0.25) is 0 Å². The first kappa shape index (κ1) is 36.0. The maximum Gasteiger partial charge on any atom is -0.0162 e. The molecule has 0 radical (unpaired) electrons. The first-order valence-electron chi connectivity index (χ1n) is 13.8. The molecule has 1 aliphatic rings. The third-order valence-corrected chi connectivity index (χ3v) is 5.19. The van der Waals surface area contributed by atoms with Gasteiger partial charge >= 0.3 is 0 Å². The van der Waals surface area contributed by atoms with E-state index in [0.717, 1.165) is 12.3 Å². The molecule has 1 saturated carbocycles. The lowest BCUT2D eigenvalue weighted by molar-refractivity contribution is 0.224. The highest BCUT2D eigenvalue weighted by Gasteiger charge is 2.27. The summed E-state index contributed by atoms with van der Waals surface area (Å²) >= 11 is 0. The summed E-state index contributed by atoms with van der Waals surface area (Å²) in [7, 11) is 0. The van der Waals surface area contributed by atoms with Crippen molar-refractivity contribution < 1.29 is 0 Å². The second-order valence-corrected chi connectivity index (χ2v) is 9.57. The summed E-state index contributed by atoms with van der Waals surface area (Å²) in [6.07, 6.45) is 6.67. The van der Waals surface area contributed by atoms with Gasteiger partial charge in [0, 0.05) is 0 Å². The highest BCUT2D eigenvalue weighted by atomic mass is 14.3. The molecule has 0 heterocycles. The van der Waals surface area contributed by atoms with Gasteiger partial charge in [0.05, 0.1) is 0 Å². The summed E-state index contributed by atoms with van der Waals surface area (Å²) in [5, 5.41) is 0. The van der Waals surface area contributed by atoms with Gasteiger partial charge in [-0.25, -0.2) is 0 Å². The molecule has 0 aliphatic heterocycles. The van der Waals surface area contributed by atoms with Crippen LogP contribution in [-0.4, -0.2) is 0 Å². The predicted molar refractivity (Wildman–Crippen MR) is 156 cm³/mol. The Kier molecular flexibility index (Phi) is 24.3. The minimum Gasteiger partial charge on any atom is -0.0683 e. The standard InChI is InChI=1S/C14H20.C11H16.4C2H6/c1-14(2)10-8-13(9-11-14)12-6-4-3-5-7-12;1-11(2,3)9-10-7-5-4-6-8-10;4*1-2/h3-7,13H,8-11H2,1-2H3;4-8H,9H2,1-3H3;4*1-2H3. The molecule has 0 aromatic heterocycles. The smallest absolute Gasteiger partial charge is 0.0162 e. The van der Waals surface area contributed by atoms with Gasteiger partial charge in [-0.15, -0.1) is 0 Å². The van der Waals surface area contributed by atoms with E-state index in [-0.39, 0.29) is 0 Å². The molecule has 0 atom stereocenters. The molecule has 3 rings (SSSR count). The molecule has 0 amide bonds. The normalized spacial score (nSPS) is 14.0. The van der Waals surface area contributed by atoms with Crippen LogP contribution < -0.4 is 0 Å². The van der Waals surface area contributed by atoms with E-state index in [1.807, 2.05) is 55.4 Å². The number of benzene rings is 2. The molecule has 33 heavy (non-hydrogen) atoms. The maximum absolute atomic E-state index is 2.40. The van der Waals surface area contributed by atoms with Crippen LogP contribution in [-0.2, 0) is 6.42 Å². The van der Waals surface area contributed by atoms with Crippen molar-refractivity contribution in [2.45, 2.75) is 128 Å². The summed E-state index contributed by atoms with van der Waals surface area (Å²) in [5.74, 6) is 0.823. The van der Waals surface area contributed by atoms with Crippen molar-refractivity contribution in [2.75, 3.05) is 0 Å². The molecule has 1 fully saturated rings. The first-order valence-corrected chi connectivity index (χ1v) is 13.8. The Morgan fingerprint density at radius 3 is 1.36 bits per heavy atom. The Labute approximate surface area is 210 Å². The Hall–Kier alpha value is -1.56. The van der Waals surface area contributed by atoms with Crippen LogP contribution in [0, 0.1) is 10.8 Å². The summed E-state index contributed by atoms with van der Waals surface area (Å²) < 4.78 is 0. The van der Waals surface area contributed by atoms with Crippen molar-refractivity contribution in [3.8, 4) is 0 Å². The SMILES string of the molecule is CC.CC.CC.CC.CC(C)(C)Cc1ccccc1.CC1(C)CCC(c2ccccc2)CC1. The van der Waals surface area contributed by atoms with Crippen molar-refractivity contribution >= 4 is 0 Å². The largest absolute Gasteiger partial charge is 0.0683 e. The molecule has 0 N–H and O–H groups in total. The highest BCUT2D eigenvalue weighted by Crippen LogP contribution is 2.42. The number of rotatable bonds is 2. The number of hydrogen-bond acceptors (Lipinski definition) is 0. The van der Waals surface area contributed by atoms with Crippen LogP contribution in [0.15, 0.2) is 60.7 Å². The molecule has 0 nitrogen and oxygen atoms in total. The lowest BCUT2D eigenvalue weighted by Crippen LogP contribution is -2.20. The van der Waals surface area contributed by atoms with E-state index in [1.54, 1.807) is 5.56 Å². The van der Waals surface area contributed by atoms with Crippen molar-refractivity contribution in [2.24, 2.45) is 10.8 Å². The third-order valence-electron chi connectivity index (χ3n) is 5.19. The molecule has 0 saturated heterocycles. The summed E-state index contributed by atoms with van der Waals surface area (Å²) in [6, 6.07) is 21.6. The molecule has 2 aromatic carbocycles. The van der Waals surface area contributed by atoms with Gasteiger partial charge in [0.15, 0.2) is 0 Å². The Balaban J connectivity index is -0.000000426. The minimum absolute atomic E-state index is 0.404. The van der Waals surface area contributed by atoms with Crippen molar-refractivity contribution in [1.29, 1.82) is 0 Å². The second-order valence-electron chi connectivity index (χ2n) is 9.57. The van der Waals surface area contributed by atoms with E-state index < -0.39 is 0 Å². The Morgan fingerprint density at radius 1 is 0.636 bits per heavy atom. The average molecular weight is 457 g/mol. The van der Waals surface area contributed by atoms with Crippen molar-refractivity contribution in [3.63, 3.8) is 0 Å². The van der Waals surface area contributed by atoms with E-state index in [1.165, 1.54) is 31.2 Å². The lowest BCUT2D eigenvalue weighted by Gasteiger charge is -2.34. The zero-order chi connectivity index (χ0) is 26.3. The first-order chi connectivity index (χ1) is 15.8. The molecule has 1 aliphatic carbocycles. The van der Waals surface area contributed by atoms with E-state index in [0.29, 0.717) is 10.8 Å². The Morgan fingerprint density at radius 2 is 1.00 bits per heavy atom. The maximum atomic E-state index is 2.40. The van der Waals surface area contributed by atoms with Gasteiger partial charge in [-0.3, -0.25) is 0 Å². The fourth-order valence-corrected chi connectivity index (χ4v) is 3.67. The summed E-state index contributed by atoms with van der Waals surface area (Å²) in [5.41, 5.74) is 3.97. The molecule has 192 valence electrons. The fraction of sp³-hybridized carbons (Fsp3) is 0.636. The van der Waals surface area contributed by atoms with Gasteiger partial charge in [-0.2, -0.15) is 0 Å². The monoisotopic (exact) mass is 456 g/mol. The molecule has 0 spiro atoms. The van der Waals surface area contributed by atoms with Gasteiger partial charge in [0.1, 0.15) is 0 Å². The summed E-state index contributed by atoms with van der Waals surface area (Å²) in [4.78, 5) is 0. The van der Waals surface area contributed by atoms with Crippen LogP contribution >= 0.6 is 0 Å². The summed E-state index contributed by atoms with van der Waals surface area (Å²) in [6.45, 7) is 27.6. The average Bonchev–Trinajstić information content (AvgIpc) is 2.85. The zero-order valence-corrected chi connectivity index (χ0v) is 24.9. The van der Waals surface area contributed by atoms with Crippen LogP contribution in [0.1, 0.15) is 133 Å². The quantitative estimate of drug-likeness (QED) is 0.421. The molecule has 0 unspecified atom stereocenters. The van der Waals surface area contributed by atoms with E-state index >= 15 is 0 Å². The topological polar surface area (TPSA) is 0 Å². The van der Waals surface area contributed by atoms with Crippen LogP contribution in [0.25, 0.3) is 0 Å². The van der Waals surface area contributed by atoms with Crippen LogP contribution in [0.5, 0.6) is 0 Å². The van der Waals surface area contributed by atoms with E-state index in [9.17, 15) is 0 Å². The predicted octanol–water partition coefficient (Wildman–Crippen LogP) is 11.8. The molecular formula is C33H60. The minimum atomic E-state index is 0.404. The highest BCUT2D eigenvalue weighted by molar-refractivity contribution is 5.20. The van der Waals surface area contributed by atoms with E-state index in [4.69, 9.17) is 0 Å². The number of hydrogen-bond donors (Lipinski definition) is 0. The van der Waals surface area contributed by atoms with Crippen molar-refractivity contribution in [3.05, 3.63) is 71.8 Å². The van der Waals surface area contributed by atoms with Gasteiger partial charge < -0.3 is 0 Å². The molecule has 0 bridgehead atoms. The van der Waals surface area contributed by atoms with Crippen LogP contribution in [0.3, 0.4) is 0 Å². The zero-order valence-electron chi connectivity index (χ0n) is 24.9. The van der Waals surface area contributed by atoms with Crippen molar-refractivity contribution in [1.82, 2.24) is 0 Å². The van der Waals surface area contributed by atoms with Crippen LogP contribution in [0.4, 0.5) is 0 Å².